The van der Waals surface area contributed by atoms with Crippen LogP contribution in [0.15, 0.2) is 15.8 Å². The third-order valence-corrected chi connectivity index (χ3v) is 1.86. The quantitative estimate of drug-likeness (QED) is 0.686. The average Bonchev–Trinajstić information content (AvgIpc) is 2.10. The van der Waals surface area contributed by atoms with Crippen molar-refractivity contribution in [1.82, 2.24) is 9.13 Å². The summed E-state index contributed by atoms with van der Waals surface area (Å²) in [5, 5.41) is 0. The van der Waals surface area contributed by atoms with E-state index in [9.17, 15) is 18.4 Å². The highest BCUT2D eigenvalue weighted by Crippen LogP contribution is 1.95. The van der Waals surface area contributed by atoms with Crippen molar-refractivity contribution >= 4 is 0 Å². The van der Waals surface area contributed by atoms with Gasteiger partial charge in [0.2, 0.25) is 0 Å². The van der Waals surface area contributed by atoms with E-state index in [2.05, 4.69) is 0 Å². The Morgan fingerprint density at radius 1 is 1.43 bits per heavy atom. The third kappa shape index (κ3) is 1.89. The van der Waals surface area contributed by atoms with Gasteiger partial charge in [0, 0.05) is 18.8 Å². The van der Waals surface area contributed by atoms with Gasteiger partial charge in [-0.15, -0.1) is 0 Å². The minimum atomic E-state index is -2.61. The van der Waals surface area contributed by atoms with E-state index in [1.54, 1.807) is 0 Å². The van der Waals surface area contributed by atoms with E-state index in [0.717, 1.165) is 15.3 Å². The lowest BCUT2D eigenvalue weighted by Gasteiger charge is -2.07. The molecule has 0 amide bonds. The van der Waals surface area contributed by atoms with E-state index >= 15 is 0 Å². The lowest BCUT2D eigenvalue weighted by Crippen LogP contribution is -2.39. The maximum Gasteiger partial charge on any atom is 0.330 e. The van der Waals surface area contributed by atoms with E-state index in [1.807, 2.05) is 0 Å². The zero-order chi connectivity index (χ0) is 10.9. The van der Waals surface area contributed by atoms with Crippen molar-refractivity contribution in [2.75, 3.05) is 0 Å². The minimum Gasteiger partial charge on any atom is -0.294 e. The smallest absolute Gasteiger partial charge is 0.294 e. The number of hydrogen-bond donors (Lipinski definition) is 0. The molecule has 4 nitrogen and oxygen atoms in total. The molecule has 0 aliphatic heterocycles. The van der Waals surface area contributed by atoms with Crippen LogP contribution in [0.3, 0.4) is 0 Å². The van der Waals surface area contributed by atoms with Gasteiger partial charge >= 0.3 is 5.69 Å². The lowest BCUT2D eigenvalue weighted by molar-refractivity contribution is 0.124. The molecular formula is C8H10F2N2O2. The SMILES string of the molecule is Cc1cn(CC(F)F)c(=O)n(C)c1=O. The first-order valence-electron chi connectivity index (χ1n) is 3.98. The predicted octanol–water partition coefficient (Wildman–Crippen LogP) is 0.121. The summed E-state index contributed by atoms with van der Waals surface area (Å²) in [5.41, 5.74) is -0.908. The number of rotatable bonds is 2. The predicted molar refractivity (Wildman–Crippen MR) is 46.7 cm³/mol. The molecule has 1 aromatic heterocycles. The zero-order valence-corrected chi connectivity index (χ0v) is 7.83. The van der Waals surface area contributed by atoms with Crippen molar-refractivity contribution in [3.63, 3.8) is 0 Å². The summed E-state index contributed by atoms with van der Waals surface area (Å²) in [4.78, 5) is 22.5. The summed E-state index contributed by atoms with van der Waals surface area (Å²) in [6, 6.07) is 0. The van der Waals surface area contributed by atoms with Crippen LogP contribution < -0.4 is 11.2 Å². The Morgan fingerprint density at radius 2 is 2.00 bits per heavy atom. The van der Waals surface area contributed by atoms with Gasteiger partial charge in [-0.1, -0.05) is 0 Å². The van der Waals surface area contributed by atoms with Crippen LogP contribution in [0.5, 0.6) is 0 Å². The molecule has 14 heavy (non-hydrogen) atoms. The van der Waals surface area contributed by atoms with Crippen LogP contribution in [0.1, 0.15) is 5.56 Å². The summed E-state index contributed by atoms with van der Waals surface area (Å²) < 4.78 is 25.7. The molecule has 0 aliphatic rings. The first-order chi connectivity index (χ1) is 6.43. The number of aromatic nitrogens is 2. The molecule has 6 heteroatoms. The van der Waals surface area contributed by atoms with Gasteiger partial charge in [0.15, 0.2) is 0 Å². The van der Waals surface area contributed by atoms with Crippen LogP contribution in [-0.2, 0) is 13.6 Å². The second-order valence-corrected chi connectivity index (χ2v) is 3.00. The third-order valence-electron chi connectivity index (χ3n) is 1.86. The standard InChI is InChI=1S/C8H10F2N2O2/c1-5-3-12(4-6(9)10)8(14)11(2)7(5)13/h3,6H,4H2,1-2H3. The average molecular weight is 204 g/mol. The minimum absolute atomic E-state index is 0.271. The van der Waals surface area contributed by atoms with Gasteiger partial charge < -0.3 is 0 Å². The molecule has 0 bridgehead atoms. The molecule has 1 aromatic rings. The molecule has 0 saturated carbocycles. The summed E-state index contributed by atoms with van der Waals surface area (Å²) in [6.45, 7) is 0.789. The fraction of sp³-hybridized carbons (Fsp3) is 0.500. The van der Waals surface area contributed by atoms with Gasteiger partial charge in [-0.3, -0.25) is 13.9 Å². The second-order valence-electron chi connectivity index (χ2n) is 3.00. The van der Waals surface area contributed by atoms with Crippen LogP contribution in [0, 0.1) is 6.92 Å². The highest BCUT2D eigenvalue weighted by atomic mass is 19.3. The van der Waals surface area contributed by atoms with Crippen molar-refractivity contribution in [3.05, 3.63) is 32.6 Å². The molecule has 1 rings (SSSR count). The molecule has 0 atom stereocenters. The first kappa shape index (κ1) is 10.6. The first-order valence-corrected chi connectivity index (χ1v) is 3.98. The molecule has 0 aromatic carbocycles. The Kier molecular flexibility index (Phi) is 2.83. The van der Waals surface area contributed by atoms with E-state index in [4.69, 9.17) is 0 Å². The monoisotopic (exact) mass is 204 g/mol. The fourth-order valence-electron chi connectivity index (χ4n) is 1.17. The van der Waals surface area contributed by atoms with E-state index in [0.29, 0.717) is 0 Å². The Morgan fingerprint density at radius 3 is 2.50 bits per heavy atom. The van der Waals surface area contributed by atoms with E-state index < -0.39 is 24.2 Å². The van der Waals surface area contributed by atoms with Gasteiger partial charge in [0.1, 0.15) is 0 Å². The second kappa shape index (κ2) is 3.73. The Labute approximate surface area is 78.4 Å². The Bertz CT molecular complexity index is 448. The Hall–Kier alpha value is -1.46. The van der Waals surface area contributed by atoms with Crippen LogP contribution in [0.4, 0.5) is 8.78 Å². The van der Waals surface area contributed by atoms with Gasteiger partial charge in [-0.25, -0.2) is 13.6 Å². The highest BCUT2D eigenvalue weighted by molar-refractivity contribution is 5.02. The molecule has 0 saturated heterocycles. The summed E-state index contributed by atoms with van der Waals surface area (Å²) >= 11 is 0. The maximum absolute atomic E-state index is 12.0. The molecule has 0 fully saturated rings. The largest absolute Gasteiger partial charge is 0.330 e. The van der Waals surface area contributed by atoms with E-state index in [1.165, 1.54) is 14.0 Å². The lowest BCUT2D eigenvalue weighted by atomic mass is 10.4. The number of hydrogen-bond acceptors (Lipinski definition) is 2. The molecule has 0 spiro atoms. The summed E-state index contributed by atoms with van der Waals surface area (Å²) in [6.07, 6.45) is -1.46. The van der Waals surface area contributed by atoms with Crippen LogP contribution in [0.25, 0.3) is 0 Å². The van der Waals surface area contributed by atoms with E-state index in [-0.39, 0.29) is 5.56 Å². The topological polar surface area (TPSA) is 44.0 Å². The van der Waals surface area contributed by atoms with Crippen molar-refractivity contribution in [1.29, 1.82) is 0 Å². The normalized spacial score (nSPS) is 10.9. The van der Waals surface area contributed by atoms with Crippen molar-refractivity contribution in [3.8, 4) is 0 Å². The number of alkyl halides is 2. The van der Waals surface area contributed by atoms with Gasteiger partial charge in [-0.2, -0.15) is 0 Å². The molecule has 0 N–H and O–H groups in total. The van der Waals surface area contributed by atoms with Crippen molar-refractivity contribution in [2.24, 2.45) is 7.05 Å². The van der Waals surface area contributed by atoms with Gasteiger partial charge in [0.05, 0.1) is 6.54 Å². The number of aryl methyl sites for hydroxylation is 1. The fourth-order valence-corrected chi connectivity index (χ4v) is 1.17. The summed E-state index contributed by atoms with van der Waals surface area (Å²) in [7, 11) is 1.26. The maximum atomic E-state index is 12.0. The number of nitrogens with zero attached hydrogens (tertiary/aromatic N) is 2. The van der Waals surface area contributed by atoms with Crippen LogP contribution >= 0.6 is 0 Å². The Balaban J connectivity index is 3.34. The zero-order valence-electron chi connectivity index (χ0n) is 7.83. The molecule has 78 valence electrons. The van der Waals surface area contributed by atoms with Crippen LogP contribution in [0.2, 0.25) is 0 Å². The molecule has 1 heterocycles. The highest BCUT2D eigenvalue weighted by Gasteiger charge is 2.09. The van der Waals surface area contributed by atoms with Crippen molar-refractivity contribution in [2.45, 2.75) is 19.9 Å². The molecular weight excluding hydrogens is 194 g/mol. The molecule has 0 radical (unpaired) electrons. The van der Waals surface area contributed by atoms with Gasteiger partial charge in [0.25, 0.3) is 12.0 Å². The molecule has 0 aliphatic carbocycles. The molecule has 0 unspecified atom stereocenters. The van der Waals surface area contributed by atoms with Crippen LogP contribution in [-0.4, -0.2) is 15.6 Å². The van der Waals surface area contributed by atoms with Crippen molar-refractivity contribution < 1.29 is 8.78 Å². The van der Waals surface area contributed by atoms with Gasteiger partial charge in [-0.05, 0) is 6.92 Å². The number of halogens is 2. The summed E-state index contributed by atoms with van der Waals surface area (Å²) in [5.74, 6) is 0.